The van der Waals surface area contributed by atoms with Crippen LogP contribution in [0.15, 0.2) is 67.3 Å². The number of anilines is 2. The van der Waals surface area contributed by atoms with Gasteiger partial charge in [-0.05, 0) is 36.2 Å². The van der Waals surface area contributed by atoms with Crippen LogP contribution < -0.4 is 10.2 Å². The van der Waals surface area contributed by atoms with Crippen LogP contribution in [0.5, 0.6) is 0 Å². The van der Waals surface area contributed by atoms with E-state index in [2.05, 4.69) is 36.0 Å². The molecule has 114 valence electrons. The highest BCUT2D eigenvalue weighted by atomic mass is 16.1. The van der Waals surface area contributed by atoms with Crippen molar-refractivity contribution in [3.63, 3.8) is 0 Å². The first-order valence-electron chi connectivity index (χ1n) is 7.45. The molecule has 3 heteroatoms. The number of nitrogens with one attached hydrogen (secondary N) is 1. The molecule has 0 atom stereocenters. The van der Waals surface area contributed by atoms with Gasteiger partial charge in [0, 0.05) is 31.4 Å². The van der Waals surface area contributed by atoms with Gasteiger partial charge in [-0.15, -0.1) is 6.58 Å². The zero-order valence-electron chi connectivity index (χ0n) is 13.0. The summed E-state index contributed by atoms with van der Waals surface area (Å²) in [4.78, 5) is 13.8. The number of amides is 1. The second-order valence-corrected chi connectivity index (χ2v) is 5.26. The van der Waals surface area contributed by atoms with Crippen molar-refractivity contribution in [2.24, 2.45) is 0 Å². The predicted molar refractivity (Wildman–Crippen MR) is 93.1 cm³/mol. The Bertz CT molecular complexity index is 605. The van der Waals surface area contributed by atoms with E-state index in [-0.39, 0.29) is 5.91 Å². The molecule has 3 nitrogen and oxygen atoms in total. The molecule has 0 aliphatic rings. The minimum absolute atomic E-state index is 0.0188. The standard InChI is InChI=1S/C19H22N2O/c1-3-4-10-19(22)20-17-11-13-18(14-12-17)21(2)15-16-8-6-5-7-9-16/h3,5-9,11-14H,1,4,10,15H2,2H3,(H,20,22). The Kier molecular flexibility index (Phi) is 5.78. The Balaban J connectivity index is 1.93. The van der Waals surface area contributed by atoms with Crippen LogP contribution in [0.25, 0.3) is 0 Å². The zero-order valence-corrected chi connectivity index (χ0v) is 13.0. The molecule has 0 spiro atoms. The molecule has 0 radical (unpaired) electrons. The molecule has 0 heterocycles. The molecule has 2 aromatic rings. The summed E-state index contributed by atoms with van der Waals surface area (Å²) in [7, 11) is 2.06. The topological polar surface area (TPSA) is 32.3 Å². The van der Waals surface area contributed by atoms with Gasteiger partial charge in [0.1, 0.15) is 0 Å². The first-order chi connectivity index (χ1) is 10.7. The van der Waals surface area contributed by atoms with Crippen molar-refractivity contribution in [2.45, 2.75) is 19.4 Å². The van der Waals surface area contributed by atoms with E-state index >= 15 is 0 Å². The molecule has 1 N–H and O–H groups in total. The summed E-state index contributed by atoms with van der Waals surface area (Å²) < 4.78 is 0. The zero-order chi connectivity index (χ0) is 15.8. The van der Waals surface area contributed by atoms with Gasteiger partial charge >= 0.3 is 0 Å². The number of carbonyl (C=O) groups excluding carboxylic acids is 1. The number of hydrogen-bond donors (Lipinski definition) is 1. The van der Waals surface area contributed by atoms with E-state index in [0.717, 1.165) is 17.9 Å². The number of rotatable bonds is 7. The first kappa shape index (κ1) is 15.8. The van der Waals surface area contributed by atoms with Gasteiger partial charge in [-0.25, -0.2) is 0 Å². The molecule has 1 amide bonds. The summed E-state index contributed by atoms with van der Waals surface area (Å²) in [5, 5.41) is 2.89. The third-order valence-electron chi connectivity index (χ3n) is 3.43. The maximum atomic E-state index is 11.7. The smallest absolute Gasteiger partial charge is 0.224 e. The van der Waals surface area contributed by atoms with Crippen LogP contribution in [-0.4, -0.2) is 13.0 Å². The summed E-state index contributed by atoms with van der Waals surface area (Å²) >= 11 is 0. The van der Waals surface area contributed by atoms with E-state index in [1.165, 1.54) is 5.56 Å². The van der Waals surface area contributed by atoms with E-state index in [1.54, 1.807) is 6.08 Å². The molecular formula is C19H22N2O. The Morgan fingerprint density at radius 2 is 1.82 bits per heavy atom. The molecule has 0 fully saturated rings. The second-order valence-electron chi connectivity index (χ2n) is 5.26. The van der Waals surface area contributed by atoms with Gasteiger partial charge in [0.05, 0.1) is 0 Å². The normalized spacial score (nSPS) is 10.0. The Hall–Kier alpha value is -2.55. The quantitative estimate of drug-likeness (QED) is 0.775. The van der Waals surface area contributed by atoms with Crippen molar-refractivity contribution in [1.29, 1.82) is 0 Å². The fraction of sp³-hybridized carbons (Fsp3) is 0.211. The maximum absolute atomic E-state index is 11.7. The molecular weight excluding hydrogens is 272 g/mol. The lowest BCUT2D eigenvalue weighted by atomic mass is 10.2. The van der Waals surface area contributed by atoms with Gasteiger partial charge in [0.25, 0.3) is 0 Å². The van der Waals surface area contributed by atoms with Gasteiger partial charge in [0.2, 0.25) is 5.91 Å². The molecule has 0 bridgehead atoms. The number of nitrogens with zero attached hydrogens (tertiary/aromatic N) is 1. The number of carbonyl (C=O) groups is 1. The third kappa shape index (κ3) is 4.77. The highest BCUT2D eigenvalue weighted by Gasteiger charge is 2.04. The highest BCUT2D eigenvalue weighted by molar-refractivity contribution is 5.90. The SMILES string of the molecule is C=CCCC(=O)Nc1ccc(N(C)Cc2ccccc2)cc1. The Morgan fingerprint density at radius 1 is 1.14 bits per heavy atom. The highest BCUT2D eigenvalue weighted by Crippen LogP contribution is 2.19. The van der Waals surface area contributed by atoms with Crippen LogP contribution in [-0.2, 0) is 11.3 Å². The Labute approximate surface area is 132 Å². The van der Waals surface area contributed by atoms with Crippen LogP contribution in [0.2, 0.25) is 0 Å². The maximum Gasteiger partial charge on any atom is 0.224 e. The van der Waals surface area contributed by atoms with E-state index in [0.29, 0.717) is 12.8 Å². The van der Waals surface area contributed by atoms with Gasteiger partial charge in [-0.1, -0.05) is 36.4 Å². The second kappa shape index (κ2) is 8.03. The molecule has 2 aromatic carbocycles. The van der Waals surface area contributed by atoms with E-state index < -0.39 is 0 Å². The van der Waals surface area contributed by atoms with Crippen molar-refractivity contribution in [3.8, 4) is 0 Å². The van der Waals surface area contributed by atoms with E-state index in [9.17, 15) is 4.79 Å². The molecule has 0 aromatic heterocycles. The van der Waals surface area contributed by atoms with Crippen molar-refractivity contribution in [1.82, 2.24) is 0 Å². The minimum atomic E-state index is 0.0188. The molecule has 0 unspecified atom stereocenters. The average molecular weight is 294 g/mol. The molecule has 2 rings (SSSR count). The number of hydrogen-bond acceptors (Lipinski definition) is 2. The molecule has 0 aliphatic carbocycles. The van der Waals surface area contributed by atoms with Crippen LogP contribution in [0, 0.1) is 0 Å². The molecule has 22 heavy (non-hydrogen) atoms. The van der Waals surface area contributed by atoms with E-state index in [1.807, 2.05) is 42.5 Å². The van der Waals surface area contributed by atoms with Crippen molar-refractivity contribution in [3.05, 3.63) is 72.8 Å². The summed E-state index contributed by atoms with van der Waals surface area (Å²) in [6.07, 6.45) is 2.92. The third-order valence-corrected chi connectivity index (χ3v) is 3.43. The molecule has 0 saturated carbocycles. The average Bonchev–Trinajstić information content (AvgIpc) is 2.54. The minimum Gasteiger partial charge on any atom is -0.370 e. The lowest BCUT2D eigenvalue weighted by Crippen LogP contribution is -2.16. The van der Waals surface area contributed by atoms with Crippen molar-refractivity contribution < 1.29 is 4.79 Å². The van der Waals surface area contributed by atoms with Crippen LogP contribution >= 0.6 is 0 Å². The fourth-order valence-electron chi connectivity index (χ4n) is 2.20. The lowest BCUT2D eigenvalue weighted by Gasteiger charge is -2.19. The molecule has 0 aliphatic heterocycles. The molecule has 0 saturated heterocycles. The number of benzene rings is 2. The predicted octanol–water partition coefficient (Wildman–Crippen LogP) is 4.23. The van der Waals surface area contributed by atoms with Crippen molar-refractivity contribution >= 4 is 17.3 Å². The summed E-state index contributed by atoms with van der Waals surface area (Å²) in [6.45, 7) is 4.47. The lowest BCUT2D eigenvalue weighted by molar-refractivity contribution is -0.116. The van der Waals surface area contributed by atoms with Gasteiger partial charge in [-0.2, -0.15) is 0 Å². The van der Waals surface area contributed by atoms with Crippen LogP contribution in [0.3, 0.4) is 0 Å². The van der Waals surface area contributed by atoms with Crippen molar-refractivity contribution in [2.75, 3.05) is 17.3 Å². The Morgan fingerprint density at radius 3 is 2.45 bits per heavy atom. The van der Waals surface area contributed by atoms with Crippen LogP contribution in [0.4, 0.5) is 11.4 Å². The number of allylic oxidation sites excluding steroid dienone is 1. The first-order valence-corrected chi connectivity index (χ1v) is 7.45. The summed E-state index contributed by atoms with van der Waals surface area (Å²) in [5.74, 6) is 0.0188. The largest absolute Gasteiger partial charge is 0.370 e. The summed E-state index contributed by atoms with van der Waals surface area (Å²) in [6, 6.07) is 18.3. The van der Waals surface area contributed by atoms with Crippen LogP contribution in [0.1, 0.15) is 18.4 Å². The monoisotopic (exact) mass is 294 g/mol. The van der Waals surface area contributed by atoms with Gasteiger partial charge in [0.15, 0.2) is 0 Å². The van der Waals surface area contributed by atoms with Gasteiger partial charge in [-0.3, -0.25) is 4.79 Å². The summed E-state index contributed by atoms with van der Waals surface area (Å²) in [5.41, 5.74) is 3.21. The van der Waals surface area contributed by atoms with Gasteiger partial charge < -0.3 is 10.2 Å². The van der Waals surface area contributed by atoms with E-state index in [4.69, 9.17) is 0 Å². The fourth-order valence-corrected chi connectivity index (χ4v) is 2.20.